The maximum absolute atomic E-state index is 13.1. The number of urea groups is 1. The van der Waals surface area contributed by atoms with Crippen LogP contribution in [0.15, 0.2) is 72.9 Å². The topological polar surface area (TPSA) is 48.5 Å². The van der Waals surface area contributed by atoms with E-state index in [4.69, 9.17) is 0 Å². The molecule has 0 spiro atoms. The lowest BCUT2D eigenvalue weighted by atomic mass is 10.1. The van der Waals surface area contributed by atoms with Crippen LogP contribution in [0, 0.1) is 0 Å². The van der Waals surface area contributed by atoms with E-state index in [0.717, 1.165) is 29.1 Å². The predicted molar refractivity (Wildman–Crippen MR) is 124 cm³/mol. The molecule has 3 aromatic rings. The van der Waals surface area contributed by atoms with Crippen molar-refractivity contribution in [1.82, 2.24) is 9.88 Å². The molecule has 156 valence electrons. The van der Waals surface area contributed by atoms with Gasteiger partial charge in [-0.05, 0) is 53.9 Å². The fourth-order valence-electron chi connectivity index (χ4n) is 3.19. The largest absolute Gasteiger partial charge is 0.378 e. The second-order valence-electron chi connectivity index (χ2n) is 7.53. The number of nitrogens with zero attached hydrogens (tertiary/aromatic N) is 3. The summed E-state index contributed by atoms with van der Waals surface area (Å²) in [5.74, 6) is 0. The zero-order chi connectivity index (χ0) is 21.3. The van der Waals surface area contributed by atoms with Crippen molar-refractivity contribution in [2.75, 3.05) is 30.9 Å². The first-order valence-electron chi connectivity index (χ1n) is 10.4. The number of aromatic nitrogens is 1. The van der Waals surface area contributed by atoms with Crippen molar-refractivity contribution in [3.63, 3.8) is 0 Å². The number of rotatable bonds is 8. The third-order valence-corrected chi connectivity index (χ3v) is 5.09. The monoisotopic (exact) mass is 402 g/mol. The van der Waals surface area contributed by atoms with Crippen LogP contribution in [0.2, 0.25) is 0 Å². The minimum absolute atomic E-state index is 0.105. The molecule has 1 heterocycles. The molecule has 30 heavy (non-hydrogen) atoms. The van der Waals surface area contributed by atoms with E-state index < -0.39 is 0 Å². The smallest absolute Gasteiger partial charge is 0.322 e. The van der Waals surface area contributed by atoms with Crippen LogP contribution in [-0.2, 0) is 19.4 Å². The number of hydrogen-bond acceptors (Lipinski definition) is 3. The Bertz CT molecular complexity index is 922. The molecule has 1 N–H and O–H groups in total. The van der Waals surface area contributed by atoms with Crippen LogP contribution in [0.5, 0.6) is 0 Å². The second kappa shape index (κ2) is 10.4. The average molecular weight is 403 g/mol. The van der Waals surface area contributed by atoms with Gasteiger partial charge in [0.15, 0.2) is 0 Å². The van der Waals surface area contributed by atoms with Crippen molar-refractivity contribution in [2.45, 2.75) is 26.3 Å². The van der Waals surface area contributed by atoms with Gasteiger partial charge in [0, 0.05) is 56.9 Å². The van der Waals surface area contributed by atoms with Gasteiger partial charge in [-0.1, -0.05) is 37.3 Å². The molecular formula is C25H30N4O. The van der Waals surface area contributed by atoms with E-state index >= 15 is 0 Å². The van der Waals surface area contributed by atoms with Crippen LogP contribution in [-0.4, -0.2) is 36.6 Å². The van der Waals surface area contributed by atoms with E-state index in [1.54, 1.807) is 6.20 Å². The molecule has 3 rings (SSSR count). The van der Waals surface area contributed by atoms with Crippen molar-refractivity contribution in [3.05, 3.63) is 89.7 Å². The molecule has 0 aliphatic heterocycles. The SMILES string of the molecule is CCc1ccc(NC(=O)N(CCc2ccccn2)Cc2ccc(N(C)C)cc2)cc1. The Morgan fingerprint density at radius 1 is 0.933 bits per heavy atom. The normalized spacial score (nSPS) is 10.5. The number of anilines is 2. The molecule has 0 aliphatic rings. The lowest BCUT2D eigenvalue weighted by molar-refractivity contribution is 0.209. The number of aryl methyl sites for hydroxylation is 1. The second-order valence-corrected chi connectivity index (χ2v) is 7.53. The number of carbonyl (C=O) groups excluding carboxylic acids is 1. The van der Waals surface area contributed by atoms with Gasteiger partial charge in [-0.15, -0.1) is 0 Å². The number of hydrogen-bond donors (Lipinski definition) is 1. The van der Waals surface area contributed by atoms with Crippen LogP contribution >= 0.6 is 0 Å². The predicted octanol–water partition coefficient (Wildman–Crippen LogP) is 4.99. The Balaban J connectivity index is 1.72. The van der Waals surface area contributed by atoms with Crippen LogP contribution in [0.1, 0.15) is 23.7 Å². The molecule has 0 saturated heterocycles. The van der Waals surface area contributed by atoms with Crippen LogP contribution < -0.4 is 10.2 Å². The van der Waals surface area contributed by atoms with Crippen molar-refractivity contribution < 1.29 is 4.79 Å². The summed E-state index contributed by atoms with van der Waals surface area (Å²) >= 11 is 0. The number of carbonyl (C=O) groups is 1. The maximum atomic E-state index is 13.1. The van der Waals surface area contributed by atoms with Crippen LogP contribution in [0.3, 0.4) is 0 Å². The van der Waals surface area contributed by atoms with Crippen molar-refractivity contribution in [3.8, 4) is 0 Å². The van der Waals surface area contributed by atoms with Crippen molar-refractivity contribution in [1.29, 1.82) is 0 Å². The van der Waals surface area contributed by atoms with E-state index in [1.807, 2.05) is 61.5 Å². The summed E-state index contributed by atoms with van der Waals surface area (Å²) in [4.78, 5) is 21.3. The van der Waals surface area contributed by atoms with Crippen molar-refractivity contribution >= 4 is 17.4 Å². The van der Waals surface area contributed by atoms with Crippen LogP contribution in [0.4, 0.5) is 16.2 Å². The third-order valence-electron chi connectivity index (χ3n) is 5.09. The average Bonchev–Trinajstić information content (AvgIpc) is 2.78. The summed E-state index contributed by atoms with van der Waals surface area (Å²) in [6.07, 6.45) is 3.47. The first-order chi connectivity index (χ1) is 14.5. The number of amides is 2. The van der Waals surface area contributed by atoms with Gasteiger partial charge in [0.05, 0.1) is 0 Å². The van der Waals surface area contributed by atoms with Gasteiger partial charge in [0.25, 0.3) is 0 Å². The molecule has 0 radical (unpaired) electrons. The summed E-state index contributed by atoms with van der Waals surface area (Å²) in [5.41, 5.74) is 5.27. The molecule has 2 amide bonds. The Kier molecular flexibility index (Phi) is 7.44. The highest BCUT2D eigenvalue weighted by Crippen LogP contribution is 2.16. The summed E-state index contributed by atoms with van der Waals surface area (Å²) in [6, 6.07) is 22.1. The van der Waals surface area contributed by atoms with Gasteiger partial charge < -0.3 is 15.1 Å². The number of nitrogens with one attached hydrogen (secondary N) is 1. The first-order valence-corrected chi connectivity index (χ1v) is 10.4. The Labute approximate surface area is 179 Å². The summed E-state index contributed by atoms with van der Waals surface area (Å²) in [6.45, 7) is 3.25. The van der Waals surface area contributed by atoms with Gasteiger partial charge in [-0.2, -0.15) is 0 Å². The molecule has 0 bridgehead atoms. The standard InChI is InChI=1S/C25H30N4O/c1-4-20-8-12-23(13-9-20)27-25(30)29(18-16-22-7-5-6-17-26-22)19-21-10-14-24(15-11-21)28(2)3/h5-15,17H,4,16,18-19H2,1-3H3,(H,27,30). The molecule has 0 atom stereocenters. The van der Waals surface area contributed by atoms with Gasteiger partial charge in [0.1, 0.15) is 0 Å². The molecule has 0 aliphatic carbocycles. The molecular weight excluding hydrogens is 372 g/mol. The quantitative estimate of drug-likeness (QED) is 0.578. The molecule has 1 aromatic heterocycles. The first kappa shape index (κ1) is 21.4. The van der Waals surface area contributed by atoms with Gasteiger partial charge >= 0.3 is 6.03 Å². The third kappa shape index (κ3) is 6.08. The molecule has 2 aromatic carbocycles. The van der Waals surface area contributed by atoms with E-state index in [-0.39, 0.29) is 6.03 Å². The van der Waals surface area contributed by atoms with Crippen molar-refractivity contribution in [2.24, 2.45) is 0 Å². The van der Waals surface area contributed by atoms with Gasteiger partial charge in [-0.25, -0.2) is 4.79 Å². The fraction of sp³-hybridized carbons (Fsp3) is 0.280. The zero-order valence-electron chi connectivity index (χ0n) is 18.0. The number of pyridine rings is 1. The molecule has 5 nitrogen and oxygen atoms in total. The van der Waals surface area contributed by atoms with E-state index in [9.17, 15) is 4.79 Å². The molecule has 0 saturated carbocycles. The summed E-state index contributed by atoms with van der Waals surface area (Å²) in [7, 11) is 4.04. The van der Waals surface area contributed by atoms with E-state index in [0.29, 0.717) is 19.5 Å². The van der Waals surface area contributed by atoms with Gasteiger partial charge in [-0.3, -0.25) is 4.98 Å². The summed E-state index contributed by atoms with van der Waals surface area (Å²) < 4.78 is 0. The lowest BCUT2D eigenvalue weighted by Gasteiger charge is -2.24. The molecule has 0 unspecified atom stereocenters. The Morgan fingerprint density at radius 2 is 1.63 bits per heavy atom. The minimum Gasteiger partial charge on any atom is -0.378 e. The highest BCUT2D eigenvalue weighted by atomic mass is 16.2. The maximum Gasteiger partial charge on any atom is 0.322 e. The Morgan fingerprint density at radius 3 is 2.23 bits per heavy atom. The highest BCUT2D eigenvalue weighted by Gasteiger charge is 2.15. The lowest BCUT2D eigenvalue weighted by Crippen LogP contribution is -2.36. The highest BCUT2D eigenvalue weighted by molar-refractivity contribution is 5.89. The summed E-state index contributed by atoms with van der Waals surface area (Å²) in [5, 5.41) is 3.04. The van der Waals surface area contributed by atoms with E-state index in [1.165, 1.54) is 5.56 Å². The number of benzene rings is 2. The zero-order valence-corrected chi connectivity index (χ0v) is 18.0. The Hall–Kier alpha value is -3.34. The molecule has 0 fully saturated rings. The van der Waals surface area contributed by atoms with E-state index in [2.05, 4.69) is 46.4 Å². The molecule has 5 heteroatoms. The van der Waals surface area contributed by atoms with Gasteiger partial charge in [0.2, 0.25) is 0 Å². The minimum atomic E-state index is -0.105. The fourth-order valence-corrected chi connectivity index (χ4v) is 3.19. The van der Waals surface area contributed by atoms with Crippen LogP contribution in [0.25, 0.3) is 0 Å².